The maximum Gasteiger partial charge on any atom is 0.267 e. The molecule has 0 atom stereocenters. The average Bonchev–Trinajstić information content (AvgIpc) is 3.08. The number of thioether (sulfide) groups is 1. The molecule has 0 radical (unpaired) electrons. The summed E-state index contributed by atoms with van der Waals surface area (Å²) in [5.74, 6) is 1.42. The van der Waals surface area contributed by atoms with Crippen molar-refractivity contribution in [1.82, 2.24) is 5.32 Å². The van der Waals surface area contributed by atoms with Crippen molar-refractivity contribution in [2.45, 2.75) is 0 Å². The molecule has 0 unspecified atom stereocenters. The SMILES string of the molecule is COc1ccc(NC(=O)/C(C#N)=C\NC2=NCCS2)cc1OC. The van der Waals surface area contributed by atoms with Gasteiger partial charge in [-0.2, -0.15) is 5.26 Å². The number of carbonyl (C=O) groups excluding carboxylic acids is 1. The van der Waals surface area contributed by atoms with Crippen LogP contribution in [-0.4, -0.2) is 37.6 Å². The zero-order valence-corrected chi connectivity index (χ0v) is 13.6. The van der Waals surface area contributed by atoms with E-state index in [2.05, 4.69) is 15.6 Å². The predicted molar refractivity (Wildman–Crippen MR) is 89.8 cm³/mol. The monoisotopic (exact) mass is 332 g/mol. The molecule has 2 N–H and O–H groups in total. The lowest BCUT2D eigenvalue weighted by Gasteiger charge is -2.10. The van der Waals surface area contributed by atoms with Gasteiger partial charge in [0.2, 0.25) is 0 Å². The number of anilines is 1. The molecular formula is C15H16N4O3S. The third-order valence-corrected chi connectivity index (χ3v) is 3.84. The van der Waals surface area contributed by atoms with Gasteiger partial charge in [-0.3, -0.25) is 9.79 Å². The topological polar surface area (TPSA) is 95.7 Å². The van der Waals surface area contributed by atoms with Gasteiger partial charge in [0.05, 0.1) is 20.8 Å². The van der Waals surface area contributed by atoms with Crippen LogP contribution in [0.4, 0.5) is 5.69 Å². The summed E-state index contributed by atoms with van der Waals surface area (Å²) in [5, 5.41) is 15.3. The Morgan fingerprint density at radius 3 is 2.78 bits per heavy atom. The third kappa shape index (κ3) is 4.40. The molecule has 8 heteroatoms. The van der Waals surface area contributed by atoms with E-state index >= 15 is 0 Å². The minimum Gasteiger partial charge on any atom is -0.493 e. The number of nitrogens with one attached hydrogen (secondary N) is 2. The number of methoxy groups -OCH3 is 2. The van der Waals surface area contributed by atoms with Gasteiger partial charge >= 0.3 is 0 Å². The molecule has 0 bridgehead atoms. The smallest absolute Gasteiger partial charge is 0.267 e. The number of nitrogens with zero attached hydrogens (tertiary/aromatic N) is 2. The lowest BCUT2D eigenvalue weighted by molar-refractivity contribution is -0.112. The number of rotatable bonds is 5. The molecule has 0 spiro atoms. The highest BCUT2D eigenvalue weighted by molar-refractivity contribution is 8.14. The average molecular weight is 332 g/mol. The fraction of sp³-hybridized carbons (Fsp3) is 0.267. The Kier molecular flexibility index (Phi) is 5.88. The highest BCUT2D eigenvalue weighted by Crippen LogP contribution is 2.29. The van der Waals surface area contributed by atoms with Gasteiger partial charge in [-0.1, -0.05) is 11.8 Å². The van der Waals surface area contributed by atoms with Crippen molar-refractivity contribution in [1.29, 1.82) is 5.26 Å². The molecular weight excluding hydrogens is 316 g/mol. The molecule has 120 valence electrons. The van der Waals surface area contributed by atoms with Crippen molar-refractivity contribution >= 4 is 28.5 Å². The van der Waals surface area contributed by atoms with Crippen molar-refractivity contribution in [2.24, 2.45) is 4.99 Å². The van der Waals surface area contributed by atoms with Crippen LogP contribution in [0.1, 0.15) is 0 Å². The molecule has 1 heterocycles. The summed E-state index contributed by atoms with van der Waals surface area (Å²) >= 11 is 1.54. The number of amidine groups is 1. The van der Waals surface area contributed by atoms with Gasteiger partial charge in [-0.05, 0) is 12.1 Å². The summed E-state index contributed by atoms with van der Waals surface area (Å²) < 4.78 is 10.3. The Morgan fingerprint density at radius 1 is 1.39 bits per heavy atom. The Hall–Kier alpha value is -2.66. The molecule has 1 aromatic carbocycles. The van der Waals surface area contributed by atoms with Crippen LogP contribution in [0.15, 0.2) is 35.0 Å². The van der Waals surface area contributed by atoms with E-state index in [9.17, 15) is 4.79 Å². The van der Waals surface area contributed by atoms with Gasteiger partial charge in [-0.25, -0.2) is 0 Å². The first-order chi connectivity index (χ1) is 11.2. The molecule has 1 aliphatic heterocycles. The summed E-state index contributed by atoms with van der Waals surface area (Å²) in [6.07, 6.45) is 1.35. The fourth-order valence-corrected chi connectivity index (χ4v) is 2.52. The van der Waals surface area contributed by atoms with Gasteiger partial charge in [0.1, 0.15) is 11.6 Å². The van der Waals surface area contributed by atoms with E-state index in [1.807, 2.05) is 6.07 Å². The number of carbonyl (C=O) groups is 1. The highest BCUT2D eigenvalue weighted by Gasteiger charge is 2.12. The molecule has 1 aromatic rings. The summed E-state index contributed by atoms with van der Waals surface area (Å²) in [7, 11) is 3.04. The van der Waals surface area contributed by atoms with Crippen LogP contribution >= 0.6 is 11.8 Å². The minimum absolute atomic E-state index is 0.0463. The first-order valence-electron chi connectivity index (χ1n) is 6.75. The number of hydrogen-bond donors (Lipinski definition) is 2. The zero-order chi connectivity index (χ0) is 16.7. The second-order valence-electron chi connectivity index (χ2n) is 4.37. The Balaban J connectivity index is 2.07. The number of benzene rings is 1. The van der Waals surface area contributed by atoms with Crippen LogP contribution < -0.4 is 20.1 Å². The highest BCUT2D eigenvalue weighted by atomic mass is 32.2. The predicted octanol–water partition coefficient (Wildman–Crippen LogP) is 1.74. The van der Waals surface area contributed by atoms with Crippen LogP contribution in [0.5, 0.6) is 11.5 Å². The molecule has 0 saturated carbocycles. The normalized spacial score (nSPS) is 13.8. The minimum atomic E-state index is -0.518. The molecule has 0 aromatic heterocycles. The van der Waals surface area contributed by atoms with Crippen LogP contribution in [0.2, 0.25) is 0 Å². The molecule has 0 saturated heterocycles. The molecule has 0 aliphatic carbocycles. The number of hydrogen-bond acceptors (Lipinski definition) is 7. The van der Waals surface area contributed by atoms with Crippen molar-refractivity contribution in [3.05, 3.63) is 30.0 Å². The van der Waals surface area contributed by atoms with Crippen molar-refractivity contribution < 1.29 is 14.3 Å². The number of nitriles is 1. The lowest BCUT2D eigenvalue weighted by Crippen LogP contribution is -2.18. The maximum absolute atomic E-state index is 12.1. The first-order valence-corrected chi connectivity index (χ1v) is 7.74. The van der Waals surface area contributed by atoms with Crippen LogP contribution in [0.3, 0.4) is 0 Å². The first kappa shape index (κ1) is 16.7. The van der Waals surface area contributed by atoms with E-state index in [0.717, 1.165) is 12.3 Å². The van der Waals surface area contributed by atoms with Crippen molar-refractivity contribution in [2.75, 3.05) is 31.8 Å². The Bertz CT molecular complexity index is 694. The summed E-state index contributed by atoms with van der Waals surface area (Å²) in [6.45, 7) is 0.737. The zero-order valence-electron chi connectivity index (χ0n) is 12.8. The van der Waals surface area contributed by atoms with Gasteiger partial charge in [0, 0.05) is 23.7 Å². The van der Waals surface area contributed by atoms with Crippen LogP contribution in [-0.2, 0) is 4.79 Å². The second kappa shape index (κ2) is 8.10. The summed E-state index contributed by atoms with van der Waals surface area (Å²) in [6, 6.07) is 6.82. The Labute approximate surface area is 138 Å². The summed E-state index contributed by atoms with van der Waals surface area (Å²) in [4.78, 5) is 16.3. The molecule has 1 aliphatic rings. The quantitative estimate of drug-likeness (QED) is 0.630. The van der Waals surface area contributed by atoms with E-state index < -0.39 is 5.91 Å². The second-order valence-corrected chi connectivity index (χ2v) is 5.46. The van der Waals surface area contributed by atoms with Gasteiger partial charge in [-0.15, -0.1) is 0 Å². The number of amides is 1. The van der Waals surface area contributed by atoms with Gasteiger partial charge in [0.15, 0.2) is 16.7 Å². The van der Waals surface area contributed by atoms with E-state index in [4.69, 9.17) is 14.7 Å². The van der Waals surface area contributed by atoms with Gasteiger partial charge in [0.25, 0.3) is 5.91 Å². The fourth-order valence-electron chi connectivity index (χ4n) is 1.82. The summed E-state index contributed by atoms with van der Waals surface area (Å²) in [5.41, 5.74) is 0.455. The van der Waals surface area contributed by atoms with E-state index in [-0.39, 0.29) is 5.57 Å². The number of aliphatic imine (C=N–C) groups is 1. The van der Waals surface area contributed by atoms with Crippen molar-refractivity contribution in [3.8, 4) is 17.6 Å². The van der Waals surface area contributed by atoms with E-state index in [1.165, 1.54) is 20.4 Å². The lowest BCUT2D eigenvalue weighted by atomic mass is 10.2. The molecule has 7 nitrogen and oxygen atoms in total. The standard InChI is InChI=1S/C15H16N4O3S/c1-21-12-4-3-11(7-13(12)22-2)19-14(20)10(8-16)9-18-15-17-5-6-23-15/h3-4,7,9H,5-6H2,1-2H3,(H,17,18)(H,19,20)/b10-9-. The van der Waals surface area contributed by atoms with E-state index in [1.54, 1.807) is 30.0 Å². The van der Waals surface area contributed by atoms with Crippen LogP contribution in [0, 0.1) is 11.3 Å². The Morgan fingerprint density at radius 2 is 2.17 bits per heavy atom. The molecule has 0 fully saturated rings. The molecule has 2 rings (SSSR count). The largest absolute Gasteiger partial charge is 0.493 e. The van der Waals surface area contributed by atoms with E-state index in [0.29, 0.717) is 22.4 Å². The third-order valence-electron chi connectivity index (χ3n) is 2.93. The van der Waals surface area contributed by atoms with Crippen LogP contribution in [0.25, 0.3) is 0 Å². The van der Waals surface area contributed by atoms with Crippen molar-refractivity contribution in [3.63, 3.8) is 0 Å². The number of ether oxygens (including phenoxy) is 2. The molecule has 23 heavy (non-hydrogen) atoms. The maximum atomic E-state index is 12.1. The molecule has 1 amide bonds. The van der Waals surface area contributed by atoms with Gasteiger partial charge < -0.3 is 20.1 Å².